The van der Waals surface area contributed by atoms with Crippen molar-refractivity contribution >= 4 is 271 Å². The lowest BCUT2D eigenvalue weighted by molar-refractivity contribution is -0.0810. The molecule has 1 saturated heterocycles. The first-order valence-corrected chi connectivity index (χ1v) is 19.2. The van der Waals surface area contributed by atoms with Crippen LogP contribution < -0.4 is 11.2 Å². The van der Waals surface area contributed by atoms with E-state index < -0.39 is 24.7 Å². The number of hydrogen-bond acceptors (Lipinski definition) is 5. The van der Waals surface area contributed by atoms with Crippen molar-refractivity contribution < 1.29 is 14.9 Å². The van der Waals surface area contributed by atoms with Gasteiger partial charge in [-0.2, -0.15) is 2.78 Å². The molecule has 0 unspecified atom stereocenters. The zero-order chi connectivity index (χ0) is 23.2. The van der Waals surface area contributed by atoms with E-state index in [0.717, 1.165) is 2.78 Å². The normalized spacial score (nSPS) is 32.6. The van der Waals surface area contributed by atoms with Gasteiger partial charge in [0.15, 0.2) is 4.47 Å². The first-order chi connectivity index (χ1) is 12.6. The summed E-state index contributed by atoms with van der Waals surface area (Å²) in [6.07, 6.45) is 0. The molecule has 0 spiro atoms. The summed E-state index contributed by atoms with van der Waals surface area (Å²) in [7, 11) is 0. The number of nitrogens with zero attached hydrogens (tertiary/aromatic N) is 2. The quantitative estimate of drug-likeness (QED) is 0.201. The zero-order valence-electron chi connectivity index (χ0n) is 12.5. The van der Waals surface area contributed by atoms with E-state index in [4.69, 9.17) is 4.74 Å². The first-order valence-electron chi connectivity index (χ1n) is 6.38. The maximum atomic E-state index is 13.3. The smallest absolute Gasteiger partial charge is 0.343 e. The third-order valence-electron chi connectivity index (χ3n) is 3.62. The van der Waals surface area contributed by atoms with Crippen LogP contribution >= 0.6 is 271 Å². The van der Waals surface area contributed by atoms with Gasteiger partial charge in [0.05, 0.1) is 32.1 Å². The Bertz CT molecular complexity index is 977. The maximum absolute atomic E-state index is 13.3. The lowest BCUT2D eigenvalue weighted by Crippen LogP contribution is -2.59. The average molecular weight is 1750 g/mol. The van der Waals surface area contributed by atoms with Crippen molar-refractivity contribution in [1.82, 2.24) is 7.35 Å². The molecular formula is C10H2I12N2O5. The molecule has 0 radical (unpaired) electrons. The Hall–Kier alpha value is 7.32. The van der Waals surface area contributed by atoms with E-state index in [1.54, 1.807) is 22.9 Å². The van der Waals surface area contributed by atoms with E-state index in [2.05, 4.69) is 113 Å². The van der Waals surface area contributed by atoms with Gasteiger partial charge in [-0.05, 0) is 203 Å². The van der Waals surface area contributed by atoms with Gasteiger partial charge in [-0.15, -0.1) is 0 Å². The molecule has 0 aromatic carbocycles. The number of aromatic nitrogens is 2. The number of hydrogen-bond donors (Lipinski definition) is 2. The molecule has 1 aliphatic heterocycles. The lowest BCUT2D eigenvalue weighted by atomic mass is 10.2. The number of ether oxygens (including phenoxy) is 1. The van der Waals surface area contributed by atoms with Crippen molar-refractivity contribution in [2.75, 3.05) is 0 Å². The molecule has 7 nitrogen and oxygen atoms in total. The van der Waals surface area contributed by atoms with Crippen molar-refractivity contribution in [2.45, 2.75) is 13.4 Å². The van der Waals surface area contributed by atoms with Gasteiger partial charge in [0.2, 0.25) is 8.95 Å². The maximum Gasteiger partial charge on any atom is 0.343 e. The minimum absolute atomic E-state index is 0.398. The highest BCUT2D eigenvalue weighted by Crippen LogP contribution is 2.73. The highest BCUT2D eigenvalue weighted by Gasteiger charge is 2.82. The Labute approximate surface area is 328 Å². The third kappa shape index (κ3) is 5.39. The Morgan fingerprint density at radius 2 is 1.41 bits per heavy atom. The van der Waals surface area contributed by atoms with E-state index in [-0.39, 0.29) is 0 Å². The van der Waals surface area contributed by atoms with Crippen LogP contribution in [0.5, 0.6) is 0 Å². The second-order valence-electron chi connectivity index (χ2n) is 5.36. The van der Waals surface area contributed by atoms with E-state index in [9.17, 15) is 19.8 Å². The molecule has 1 aromatic rings. The second kappa shape index (κ2) is 10.7. The van der Waals surface area contributed by atoms with Crippen LogP contribution in [-0.2, 0) is 7.90 Å². The molecule has 2 N–H and O–H groups in total. The van der Waals surface area contributed by atoms with Crippen LogP contribution in [0.3, 0.4) is 0 Å². The fraction of sp³-hybridized carbons (Fsp3) is 0.600. The fourth-order valence-electron chi connectivity index (χ4n) is 2.22. The minimum Gasteiger partial charge on any atom is -0.373 e. The van der Waals surface area contributed by atoms with Crippen LogP contribution in [0.1, 0.15) is 5.56 Å². The molecule has 166 valence electrons. The monoisotopic (exact) mass is 1750 g/mol. The van der Waals surface area contributed by atoms with Gasteiger partial charge >= 0.3 is 5.69 Å². The summed E-state index contributed by atoms with van der Waals surface area (Å²) in [6, 6.07) is 0. The Morgan fingerprint density at radius 1 is 0.966 bits per heavy atom. The van der Waals surface area contributed by atoms with E-state index in [0.29, 0.717) is 9.26 Å². The topological polar surface area (TPSA) is 93.7 Å². The molecule has 0 amide bonds. The third-order valence-corrected chi connectivity index (χ3v) is 23.7. The Balaban J connectivity index is 3.04. The van der Waals surface area contributed by atoms with Gasteiger partial charge < -0.3 is 14.9 Å². The highest BCUT2D eigenvalue weighted by molar-refractivity contribution is 14.3. The lowest BCUT2D eigenvalue weighted by Gasteiger charge is -2.40. The SMILES string of the molecule is O=c1c(C(I)(I)I)c(I)n([C@]2(I)O[C@](I)(C(O)(I)I)[C@](O)(I)C2(I)I)c(=O)n1I. The molecule has 0 bridgehead atoms. The van der Waals surface area contributed by atoms with Gasteiger partial charge in [0.1, 0.15) is 0 Å². The summed E-state index contributed by atoms with van der Waals surface area (Å²) < 4.78 is 1.44. The zero-order valence-corrected chi connectivity index (χ0v) is 38.4. The Kier molecular flexibility index (Phi) is 12.0. The number of aliphatic hydroxyl groups is 2. The van der Waals surface area contributed by atoms with Gasteiger partial charge in [-0.3, -0.25) is 4.79 Å². The summed E-state index contributed by atoms with van der Waals surface area (Å²) in [4.78, 5) is 26.2. The molecule has 3 atom stereocenters. The van der Waals surface area contributed by atoms with Crippen LogP contribution in [0.2, 0.25) is 0 Å². The predicted molar refractivity (Wildman–Crippen MR) is 213 cm³/mol. The molecule has 1 fully saturated rings. The summed E-state index contributed by atoms with van der Waals surface area (Å²) in [5.41, 5.74) is -0.549. The van der Waals surface area contributed by atoms with Gasteiger partial charge in [0.25, 0.3) is 5.56 Å². The molecule has 2 heterocycles. The standard InChI is InChI=1S/C10H2I12N2O5/c11-2-1(5(12,13)14)3(25)24(22)4(26)23(2)10(21)6(15,16)7(17,27)8(18,29-10)9(19,20)28/h27-28H/t7-,8-,10-/m0/s1. The molecule has 19 heteroatoms. The van der Waals surface area contributed by atoms with Gasteiger partial charge in [-0.1, -0.05) is 45.2 Å². The Morgan fingerprint density at radius 3 is 1.76 bits per heavy atom. The van der Waals surface area contributed by atoms with Crippen molar-refractivity contribution in [1.29, 1.82) is 0 Å². The van der Waals surface area contributed by atoms with E-state index >= 15 is 0 Å². The summed E-state index contributed by atoms with van der Waals surface area (Å²) in [6.45, 7) is 0. The number of rotatable bonds is 3. The van der Waals surface area contributed by atoms with Crippen LogP contribution in [0, 0.1) is 3.70 Å². The van der Waals surface area contributed by atoms with Crippen LogP contribution in [0.15, 0.2) is 9.59 Å². The molecule has 2 rings (SSSR count). The van der Waals surface area contributed by atoms with Crippen molar-refractivity contribution in [3.63, 3.8) is 0 Å². The van der Waals surface area contributed by atoms with Gasteiger partial charge in [0, 0.05) is 0 Å². The molecule has 29 heavy (non-hydrogen) atoms. The largest absolute Gasteiger partial charge is 0.373 e. The number of halogens is 12. The summed E-state index contributed by atoms with van der Waals surface area (Å²) >= 11 is 23.6. The first kappa shape index (κ1) is 32.5. The predicted octanol–water partition coefficient (Wildman–Crippen LogP) is 6.64. The van der Waals surface area contributed by atoms with Crippen molar-refractivity contribution in [3.05, 3.63) is 30.1 Å². The van der Waals surface area contributed by atoms with Crippen LogP contribution in [0.4, 0.5) is 0 Å². The molecule has 0 aliphatic carbocycles. The van der Waals surface area contributed by atoms with E-state index in [1.807, 2.05) is 136 Å². The second-order valence-corrected chi connectivity index (χ2v) is 33.4. The van der Waals surface area contributed by atoms with E-state index in [1.165, 1.54) is 4.57 Å². The molecule has 1 aliphatic rings. The van der Waals surface area contributed by atoms with Gasteiger partial charge in [-0.25, -0.2) is 9.36 Å². The molecule has 0 saturated carbocycles. The molecule has 1 aromatic heterocycles. The minimum atomic E-state index is -1.61. The summed E-state index contributed by atoms with van der Waals surface area (Å²) in [5.74, 6) is 0. The highest BCUT2D eigenvalue weighted by atomic mass is 127. The fourth-order valence-corrected chi connectivity index (χ4v) is 15.5. The van der Waals surface area contributed by atoms with Crippen LogP contribution in [0.25, 0.3) is 0 Å². The van der Waals surface area contributed by atoms with Crippen molar-refractivity contribution in [3.8, 4) is 0 Å². The number of alkyl halides is 10. The van der Waals surface area contributed by atoms with Crippen molar-refractivity contribution in [2.24, 2.45) is 0 Å². The summed E-state index contributed by atoms with van der Waals surface area (Å²) in [5, 5.41) is 22.4. The van der Waals surface area contributed by atoms with Crippen LogP contribution in [-0.4, -0.2) is 27.8 Å². The average Bonchev–Trinajstić information content (AvgIpc) is 2.59. The molecular weight excluding hydrogens is 1750 g/mol.